The van der Waals surface area contributed by atoms with E-state index < -0.39 is 5.92 Å². The number of allylic oxidation sites excluding steroid dienone is 1. The van der Waals surface area contributed by atoms with E-state index in [1.165, 1.54) is 14.0 Å². The third kappa shape index (κ3) is 4.94. The highest BCUT2D eigenvalue weighted by atomic mass is 16.5. The number of amides is 2. The first-order chi connectivity index (χ1) is 12.4. The molecule has 6 nitrogen and oxygen atoms in total. The van der Waals surface area contributed by atoms with E-state index in [2.05, 4.69) is 10.6 Å². The van der Waals surface area contributed by atoms with Crippen LogP contribution in [0.25, 0.3) is 0 Å². The average Bonchev–Trinajstić information content (AvgIpc) is 2.76. The van der Waals surface area contributed by atoms with E-state index in [9.17, 15) is 14.4 Å². The van der Waals surface area contributed by atoms with Crippen molar-refractivity contribution in [3.63, 3.8) is 0 Å². The molecule has 0 unspecified atom stereocenters. The van der Waals surface area contributed by atoms with Gasteiger partial charge in [0.05, 0.1) is 13.0 Å². The summed E-state index contributed by atoms with van der Waals surface area (Å²) < 4.78 is 5.23. The van der Waals surface area contributed by atoms with Gasteiger partial charge in [0, 0.05) is 26.4 Å². The Bertz CT molecular complexity index is 684. The molecule has 6 heteroatoms. The van der Waals surface area contributed by atoms with Gasteiger partial charge in [-0.25, -0.2) is 0 Å². The highest BCUT2D eigenvalue weighted by molar-refractivity contribution is 5.96. The van der Waals surface area contributed by atoms with Crippen LogP contribution in [0.4, 0.5) is 0 Å². The molecule has 0 spiro atoms. The molecule has 0 saturated carbocycles. The molecule has 0 fully saturated rings. The topological polar surface area (TPSA) is 84.5 Å². The fraction of sp³-hybridized carbons (Fsp3) is 0.450. The van der Waals surface area contributed by atoms with Crippen molar-refractivity contribution in [2.45, 2.75) is 26.2 Å². The Balaban J connectivity index is 2.19. The lowest BCUT2D eigenvalue weighted by Crippen LogP contribution is -2.39. The monoisotopic (exact) mass is 358 g/mol. The minimum Gasteiger partial charge on any atom is -0.493 e. The highest BCUT2D eigenvalue weighted by Crippen LogP contribution is 2.37. The number of carbonyl (C=O) groups is 3. The Hall–Kier alpha value is -2.63. The predicted molar refractivity (Wildman–Crippen MR) is 98.2 cm³/mol. The fourth-order valence-electron chi connectivity index (χ4n) is 3.30. The number of Topliss-reactive ketones (excluding diaryl/α,β-unsaturated/α-hetero) is 1. The van der Waals surface area contributed by atoms with Crippen molar-refractivity contribution >= 4 is 17.6 Å². The number of ether oxygens (including phenoxy) is 1. The molecule has 1 aliphatic carbocycles. The molecule has 1 aromatic carbocycles. The molecule has 1 aromatic rings. The first-order valence-electron chi connectivity index (χ1n) is 8.80. The number of ketones is 1. The van der Waals surface area contributed by atoms with Crippen LogP contribution in [-0.2, 0) is 19.1 Å². The molecule has 0 heterocycles. The molecule has 0 aromatic heterocycles. The van der Waals surface area contributed by atoms with Gasteiger partial charge in [0.15, 0.2) is 11.5 Å². The molecule has 0 saturated heterocycles. The van der Waals surface area contributed by atoms with E-state index in [1.807, 2.05) is 37.3 Å². The molecule has 2 rings (SSSR count). The molecule has 26 heavy (non-hydrogen) atoms. The number of rotatable bonds is 6. The molecule has 0 radical (unpaired) electrons. The number of hydrogen-bond acceptors (Lipinski definition) is 4. The van der Waals surface area contributed by atoms with Crippen molar-refractivity contribution in [2.24, 2.45) is 11.8 Å². The zero-order valence-electron chi connectivity index (χ0n) is 15.5. The zero-order chi connectivity index (χ0) is 19.1. The lowest BCUT2D eigenvalue weighted by Gasteiger charge is -2.27. The molecule has 3 atom stereocenters. The van der Waals surface area contributed by atoms with Crippen LogP contribution in [0, 0.1) is 11.8 Å². The number of carbonyl (C=O) groups excluding carboxylic acids is 3. The van der Waals surface area contributed by atoms with Gasteiger partial charge in [-0.3, -0.25) is 14.4 Å². The van der Waals surface area contributed by atoms with Gasteiger partial charge in [-0.05, 0) is 23.5 Å². The Morgan fingerprint density at radius 2 is 1.81 bits per heavy atom. The van der Waals surface area contributed by atoms with Gasteiger partial charge in [-0.1, -0.05) is 37.3 Å². The van der Waals surface area contributed by atoms with Gasteiger partial charge in [-0.15, -0.1) is 0 Å². The van der Waals surface area contributed by atoms with Crippen LogP contribution < -0.4 is 10.6 Å². The summed E-state index contributed by atoms with van der Waals surface area (Å²) in [4.78, 5) is 36.1. The lowest BCUT2D eigenvalue weighted by molar-refractivity contribution is -0.125. The normalized spacial score (nSPS) is 22.8. The molecular formula is C20H26N2O4. The first kappa shape index (κ1) is 19.7. The molecule has 140 valence electrons. The Labute approximate surface area is 154 Å². The maximum absolute atomic E-state index is 12.7. The second kappa shape index (κ2) is 9.17. The Kier molecular flexibility index (Phi) is 6.95. The molecule has 0 aliphatic heterocycles. The van der Waals surface area contributed by atoms with Gasteiger partial charge < -0.3 is 15.4 Å². The van der Waals surface area contributed by atoms with Crippen LogP contribution in [0.2, 0.25) is 0 Å². The van der Waals surface area contributed by atoms with Gasteiger partial charge in [0.25, 0.3) is 0 Å². The SMILES string of the molecule is COC1=C[C@H](C(=O)NCCNC(C)=O)[C@H](C)[C@@H](c2ccccc2)CC1=O. The van der Waals surface area contributed by atoms with Crippen molar-refractivity contribution in [1.29, 1.82) is 0 Å². The van der Waals surface area contributed by atoms with E-state index in [4.69, 9.17) is 4.74 Å². The summed E-state index contributed by atoms with van der Waals surface area (Å²) in [6, 6.07) is 9.77. The minimum atomic E-state index is -0.487. The van der Waals surface area contributed by atoms with E-state index in [1.54, 1.807) is 6.08 Å². The van der Waals surface area contributed by atoms with Gasteiger partial charge in [0.2, 0.25) is 11.8 Å². The smallest absolute Gasteiger partial charge is 0.227 e. The van der Waals surface area contributed by atoms with Gasteiger partial charge in [0.1, 0.15) is 0 Å². The maximum atomic E-state index is 12.7. The van der Waals surface area contributed by atoms with Crippen molar-refractivity contribution < 1.29 is 19.1 Å². The number of benzene rings is 1. The fourth-order valence-corrected chi connectivity index (χ4v) is 3.30. The standard InChI is InChI=1S/C20H26N2O4/c1-13-16(15-7-5-4-6-8-15)11-18(24)19(26-3)12-17(13)20(25)22-10-9-21-14(2)23/h4-8,12-13,16-17H,9-11H2,1-3H3,(H,21,23)(H,22,25)/t13-,16+,17+/m1/s1. The van der Waals surface area contributed by atoms with E-state index >= 15 is 0 Å². The molecule has 0 bridgehead atoms. The second-order valence-corrected chi connectivity index (χ2v) is 6.54. The summed E-state index contributed by atoms with van der Waals surface area (Å²) in [5.41, 5.74) is 1.04. The van der Waals surface area contributed by atoms with E-state index in [0.29, 0.717) is 19.5 Å². The first-order valence-corrected chi connectivity index (χ1v) is 8.80. The summed E-state index contributed by atoms with van der Waals surface area (Å²) in [7, 11) is 1.45. The molecule has 2 amide bonds. The summed E-state index contributed by atoms with van der Waals surface area (Å²) in [5.74, 6) is -0.808. The lowest BCUT2D eigenvalue weighted by atomic mass is 9.78. The molecule has 2 N–H and O–H groups in total. The second-order valence-electron chi connectivity index (χ2n) is 6.54. The van der Waals surface area contributed by atoms with E-state index in [-0.39, 0.29) is 35.2 Å². The number of methoxy groups -OCH3 is 1. The number of hydrogen-bond donors (Lipinski definition) is 2. The van der Waals surface area contributed by atoms with Crippen molar-refractivity contribution in [3.05, 3.63) is 47.7 Å². The van der Waals surface area contributed by atoms with Crippen LogP contribution in [0.15, 0.2) is 42.2 Å². The largest absolute Gasteiger partial charge is 0.493 e. The highest BCUT2D eigenvalue weighted by Gasteiger charge is 2.36. The van der Waals surface area contributed by atoms with Crippen LogP contribution in [0.3, 0.4) is 0 Å². The van der Waals surface area contributed by atoms with Crippen molar-refractivity contribution in [2.75, 3.05) is 20.2 Å². The number of nitrogens with one attached hydrogen (secondary N) is 2. The quantitative estimate of drug-likeness (QED) is 0.759. The Morgan fingerprint density at radius 1 is 1.15 bits per heavy atom. The minimum absolute atomic E-state index is 0.0707. The van der Waals surface area contributed by atoms with Gasteiger partial charge >= 0.3 is 0 Å². The zero-order valence-corrected chi connectivity index (χ0v) is 15.5. The van der Waals surface area contributed by atoms with E-state index in [0.717, 1.165) is 5.56 Å². The van der Waals surface area contributed by atoms with Crippen LogP contribution in [0.5, 0.6) is 0 Å². The molecule has 1 aliphatic rings. The summed E-state index contributed by atoms with van der Waals surface area (Å²) in [6.07, 6.45) is 1.93. The van der Waals surface area contributed by atoms with Crippen molar-refractivity contribution in [1.82, 2.24) is 10.6 Å². The predicted octanol–water partition coefficient (Wildman–Crippen LogP) is 1.78. The van der Waals surface area contributed by atoms with Crippen LogP contribution >= 0.6 is 0 Å². The van der Waals surface area contributed by atoms with Crippen molar-refractivity contribution in [3.8, 4) is 0 Å². The third-order valence-corrected chi connectivity index (χ3v) is 4.76. The molecular weight excluding hydrogens is 332 g/mol. The summed E-state index contributed by atoms with van der Waals surface area (Å²) in [6.45, 7) is 4.11. The Morgan fingerprint density at radius 3 is 2.42 bits per heavy atom. The van der Waals surface area contributed by atoms with Crippen LogP contribution in [0.1, 0.15) is 31.7 Å². The summed E-state index contributed by atoms with van der Waals surface area (Å²) in [5, 5.41) is 5.47. The van der Waals surface area contributed by atoms with Gasteiger partial charge in [-0.2, -0.15) is 0 Å². The third-order valence-electron chi connectivity index (χ3n) is 4.76. The van der Waals surface area contributed by atoms with Crippen LogP contribution in [-0.4, -0.2) is 37.8 Å². The average molecular weight is 358 g/mol. The maximum Gasteiger partial charge on any atom is 0.227 e. The summed E-state index contributed by atoms with van der Waals surface area (Å²) >= 11 is 0.